The van der Waals surface area contributed by atoms with Crippen LogP contribution in [0.3, 0.4) is 0 Å². The van der Waals surface area contributed by atoms with Gasteiger partial charge in [0.25, 0.3) is 0 Å². The van der Waals surface area contributed by atoms with E-state index in [4.69, 9.17) is 28.4 Å². The lowest BCUT2D eigenvalue weighted by Crippen LogP contribution is -2.58. The van der Waals surface area contributed by atoms with E-state index in [1.165, 1.54) is 21.7 Å². The Labute approximate surface area is 170 Å². The van der Waals surface area contributed by atoms with Crippen molar-refractivity contribution in [1.82, 2.24) is 4.98 Å². The van der Waals surface area contributed by atoms with Gasteiger partial charge in [-0.25, -0.2) is 4.98 Å². The maximum Gasteiger partial charge on any atom is 0.118 e. The highest BCUT2D eigenvalue weighted by Crippen LogP contribution is 2.31. The zero-order chi connectivity index (χ0) is 21.0. The Hall–Kier alpha value is -2.74. The molecule has 0 saturated carbocycles. The second kappa shape index (κ2) is 8.73. The molecule has 0 aliphatic rings. The fourth-order valence-corrected chi connectivity index (χ4v) is 3.28. The summed E-state index contributed by atoms with van der Waals surface area (Å²) >= 11 is 0. The van der Waals surface area contributed by atoms with Crippen LogP contribution in [0.2, 0.25) is 0 Å². The number of hydrogen-bond acceptors (Lipinski definition) is 6. The number of benzene rings is 3. The first-order valence-corrected chi connectivity index (χ1v) is 10.2. The molecular weight excluding hydrogens is 394 g/mol. The normalized spacial score (nSPS) is 11.2. The number of pyridine rings is 1. The average molecular weight is 414 g/mol. The van der Waals surface area contributed by atoms with E-state index >= 15 is 0 Å². The van der Waals surface area contributed by atoms with Crippen LogP contribution in [0.15, 0.2) is 66.7 Å². The van der Waals surface area contributed by atoms with E-state index in [-0.39, 0.29) is 0 Å². The predicted octanol–water partition coefficient (Wildman–Crippen LogP) is 1.50. The van der Waals surface area contributed by atoms with E-state index in [9.17, 15) is 0 Å². The second-order valence-electron chi connectivity index (χ2n) is 6.33. The standard InChI is InChI=1S/C22H19NO.ClHO4/c1-3-15-14-21(17-8-11-18(24-2)12-9-17)23-20-13-10-16-6-4-5-7-19(16)22(15)20;2-1(3,4)5/h4-14H,3H2,1-2H3;(H,2,3,4,5). The molecule has 0 aliphatic carbocycles. The van der Waals surface area contributed by atoms with Crippen molar-refractivity contribution in [2.75, 3.05) is 7.11 Å². The van der Waals surface area contributed by atoms with Gasteiger partial charge in [-0.3, -0.25) is 0 Å². The fourth-order valence-electron chi connectivity index (χ4n) is 3.28. The topological polar surface area (TPSA) is 112 Å². The molecule has 1 N–H and O–H groups in total. The van der Waals surface area contributed by atoms with E-state index in [1.54, 1.807) is 7.11 Å². The summed E-state index contributed by atoms with van der Waals surface area (Å²) in [4.78, 5) is 4.92. The Morgan fingerprint density at radius 1 is 0.966 bits per heavy atom. The highest BCUT2D eigenvalue weighted by molar-refractivity contribution is 6.08. The summed E-state index contributed by atoms with van der Waals surface area (Å²) in [6.07, 6.45) is 0.982. The van der Waals surface area contributed by atoms with Crippen LogP contribution in [0.25, 0.3) is 32.9 Å². The van der Waals surface area contributed by atoms with Crippen molar-refractivity contribution in [3.8, 4) is 17.0 Å². The predicted molar refractivity (Wildman–Crippen MR) is 103 cm³/mol. The molecule has 6 nitrogen and oxygen atoms in total. The maximum atomic E-state index is 8.60. The summed E-state index contributed by atoms with van der Waals surface area (Å²) in [5.74, 6) is 0.862. The first-order chi connectivity index (χ1) is 13.8. The summed E-state index contributed by atoms with van der Waals surface area (Å²) in [5.41, 5.74) is 4.51. The molecular formula is C22H20ClNO5. The molecule has 0 bridgehead atoms. The van der Waals surface area contributed by atoms with Gasteiger partial charge in [0.15, 0.2) is 0 Å². The molecule has 7 heteroatoms. The van der Waals surface area contributed by atoms with Gasteiger partial charge in [-0.05, 0) is 59.2 Å². The minimum absolute atomic E-state index is 0.862. The lowest BCUT2D eigenvalue weighted by atomic mass is 9.97. The molecule has 0 saturated heterocycles. The van der Waals surface area contributed by atoms with Crippen LogP contribution in [-0.2, 0) is 6.42 Å². The van der Waals surface area contributed by atoms with Crippen molar-refractivity contribution in [3.05, 3.63) is 72.3 Å². The quantitative estimate of drug-likeness (QED) is 0.509. The number of hydrogen-bond donors (Lipinski definition) is 1. The zero-order valence-corrected chi connectivity index (χ0v) is 16.7. The lowest BCUT2D eigenvalue weighted by Gasteiger charge is -2.11. The molecule has 150 valence electrons. The van der Waals surface area contributed by atoms with Crippen molar-refractivity contribution in [1.29, 1.82) is 0 Å². The van der Waals surface area contributed by atoms with Crippen molar-refractivity contribution < 1.29 is 33.6 Å². The number of aryl methyl sites for hydroxylation is 1. The van der Waals surface area contributed by atoms with Crippen LogP contribution in [0.5, 0.6) is 5.75 Å². The van der Waals surface area contributed by atoms with Crippen LogP contribution in [0, 0.1) is 10.2 Å². The molecule has 3 aromatic carbocycles. The average Bonchev–Trinajstić information content (AvgIpc) is 2.71. The second-order valence-corrected chi connectivity index (χ2v) is 7.12. The minimum atomic E-state index is -4.69. The third kappa shape index (κ3) is 5.20. The van der Waals surface area contributed by atoms with Crippen molar-refractivity contribution in [3.63, 3.8) is 0 Å². The zero-order valence-electron chi connectivity index (χ0n) is 16.0. The molecule has 0 unspecified atom stereocenters. The van der Waals surface area contributed by atoms with E-state index < -0.39 is 10.2 Å². The molecule has 1 heterocycles. The molecule has 0 radical (unpaired) electrons. The fraction of sp³-hybridized carbons (Fsp3) is 0.136. The molecule has 0 amide bonds. The van der Waals surface area contributed by atoms with Gasteiger partial charge < -0.3 is 4.74 Å². The summed E-state index contributed by atoms with van der Waals surface area (Å²) in [6, 6.07) is 23.1. The van der Waals surface area contributed by atoms with Crippen molar-refractivity contribution in [2.24, 2.45) is 0 Å². The number of nitrogens with zero attached hydrogens (tertiary/aromatic N) is 1. The number of methoxy groups -OCH3 is 1. The molecule has 4 aromatic rings. The Balaban J connectivity index is 0.000000431. The maximum absolute atomic E-state index is 8.60. The molecule has 0 fully saturated rings. The summed E-state index contributed by atoms with van der Waals surface area (Å²) in [7, 11) is -3.01. The Morgan fingerprint density at radius 2 is 1.62 bits per heavy atom. The van der Waals surface area contributed by atoms with Crippen LogP contribution in [-0.4, -0.2) is 16.8 Å². The highest BCUT2D eigenvalue weighted by Gasteiger charge is 2.10. The van der Waals surface area contributed by atoms with Crippen LogP contribution in [0.1, 0.15) is 12.5 Å². The van der Waals surface area contributed by atoms with Gasteiger partial charge in [0, 0.05) is 10.9 Å². The number of fused-ring (bicyclic) bond motifs is 3. The Bertz CT molecular complexity index is 1120. The van der Waals surface area contributed by atoms with Gasteiger partial charge in [0.1, 0.15) is 5.75 Å². The van der Waals surface area contributed by atoms with Crippen molar-refractivity contribution in [2.45, 2.75) is 13.3 Å². The molecule has 4 rings (SSSR count). The van der Waals surface area contributed by atoms with Crippen LogP contribution in [0.4, 0.5) is 0 Å². The third-order valence-electron chi connectivity index (χ3n) is 4.55. The molecule has 1 aromatic heterocycles. The van der Waals surface area contributed by atoms with Gasteiger partial charge in [-0.1, -0.05) is 37.3 Å². The SMILES string of the molecule is CCc1cc(-c2ccc(OC)cc2)nc2ccc3ccccc3c12.[O-][Cl+3]([O-])([O-])O. The largest absolute Gasteiger partial charge is 0.497 e. The first kappa shape index (κ1) is 21.0. The van der Waals surface area contributed by atoms with Crippen molar-refractivity contribution >= 4 is 21.7 Å². The third-order valence-corrected chi connectivity index (χ3v) is 4.55. The van der Waals surface area contributed by atoms with Crippen LogP contribution >= 0.6 is 0 Å². The first-order valence-electron chi connectivity index (χ1n) is 8.89. The number of rotatable bonds is 3. The molecule has 29 heavy (non-hydrogen) atoms. The number of aromatic nitrogens is 1. The van der Waals surface area contributed by atoms with Gasteiger partial charge in [-0.2, -0.15) is 14.0 Å². The Morgan fingerprint density at radius 3 is 2.24 bits per heavy atom. The van der Waals surface area contributed by atoms with E-state index in [2.05, 4.69) is 61.5 Å². The van der Waals surface area contributed by atoms with Gasteiger partial charge in [0.05, 0.1) is 33.2 Å². The Kier molecular flexibility index (Phi) is 6.32. The summed E-state index contributed by atoms with van der Waals surface area (Å²) in [5, 5.41) is 3.81. The highest BCUT2D eigenvalue weighted by atomic mass is 35.7. The van der Waals surface area contributed by atoms with Gasteiger partial charge in [0.2, 0.25) is 0 Å². The van der Waals surface area contributed by atoms with E-state index in [1.807, 2.05) is 12.1 Å². The lowest BCUT2D eigenvalue weighted by molar-refractivity contribution is -1.92. The van der Waals surface area contributed by atoms with Gasteiger partial charge >= 0.3 is 0 Å². The van der Waals surface area contributed by atoms with E-state index in [0.29, 0.717) is 0 Å². The monoisotopic (exact) mass is 413 g/mol. The molecule has 0 spiro atoms. The molecule has 0 aliphatic heterocycles. The number of ether oxygens (including phenoxy) is 1. The number of halogens is 1. The smallest absolute Gasteiger partial charge is 0.118 e. The van der Waals surface area contributed by atoms with Gasteiger partial charge in [-0.15, -0.1) is 0 Å². The summed E-state index contributed by atoms with van der Waals surface area (Å²) < 4.78 is 38.0. The minimum Gasteiger partial charge on any atom is -0.497 e. The summed E-state index contributed by atoms with van der Waals surface area (Å²) in [6.45, 7) is 2.20. The molecule has 0 atom stereocenters. The van der Waals surface area contributed by atoms with E-state index in [0.717, 1.165) is 28.9 Å². The van der Waals surface area contributed by atoms with Crippen LogP contribution < -0.4 is 18.7 Å².